The van der Waals surface area contributed by atoms with Crippen molar-refractivity contribution < 1.29 is 14.4 Å². The Kier molecular flexibility index (Phi) is 4.00. The third-order valence-electron chi connectivity index (χ3n) is 2.74. The Bertz CT molecular complexity index is 317. The summed E-state index contributed by atoms with van der Waals surface area (Å²) < 4.78 is 10.7. The lowest BCUT2D eigenvalue weighted by atomic mass is 9.89. The van der Waals surface area contributed by atoms with Crippen molar-refractivity contribution in [3.63, 3.8) is 0 Å². The maximum atomic E-state index is 9.84. The van der Waals surface area contributed by atoms with Crippen molar-refractivity contribution in [2.45, 2.75) is 38.9 Å². The zero-order chi connectivity index (χ0) is 12.2. The molecule has 1 aromatic rings. The van der Waals surface area contributed by atoms with E-state index in [1.54, 1.807) is 27.7 Å². The normalized spacial score (nSPS) is 12.3. The third-order valence-corrected chi connectivity index (χ3v) is 2.74. The van der Waals surface area contributed by atoms with Gasteiger partial charge in [-0.25, -0.2) is 0 Å². The molecule has 0 aromatic heterocycles. The van der Waals surface area contributed by atoms with Crippen LogP contribution >= 0.6 is 0 Å². The second-order valence-corrected chi connectivity index (χ2v) is 4.71. The van der Waals surface area contributed by atoms with Crippen molar-refractivity contribution in [1.82, 2.24) is 0 Å². The van der Waals surface area contributed by atoms with Crippen molar-refractivity contribution >= 4 is 7.69 Å². The molecule has 0 bridgehead atoms. The molecular weight excluding hydrogens is 203 g/mol. The van der Waals surface area contributed by atoms with Crippen LogP contribution in [-0.2, 0) is 4.65 Å². The predicted molar refractivity (Wildman–Crippen MR) is 64.3 cm³/mol. The first-order valence-electron chi connectivity index (χ1n) is 5.26. The van der Waals surface area contributed by atoms with E-state index in [1.807, 2.05) is 30.3 Å². The molecule has 0 fully saturated rings. The second kappa shape index (κ2) is 4.89. The Morgan fingerprint density at radius 3 is 2.12 bits per heavy atom. The lowest BCUT2D eigenvalue weighted by Crippen LogP contribution is -2.48. The monoisotopic (exact) mass is 221 g/mol. The molecule has 0 spiro atoms. The number of benzene rings is 1. The first kappa shape index (κ1) is 13.1. The van der Waals surface area contributed by atoms with Crippen LogP contribution in [0.4, 0.5) is 0 Å². The van der Waals surface area contributed by atoms with E-state index < -0.39 is 11.2 Å². The van der Waals surface area contributed by atoms with Crippen molar-refractivity contribution in [2.75, 3.05) is 0 Å². The fraction of sp³-hybridized carbons (Fsp3) is 0.500. The molecular formula is C12H18BO3. The van der Waals surface area contributed by atoms with Crippen LogP contribution < -0.4 is 4.65 Å². The van der Waals surface area contributed by atoms with Gasteiger partial charge in [0.1, 0.15) is 0 Å². The average molecular weight is 221 g/mol. The van der Waals surface area contributed by atoms with Gasteiger partial charge in [0, 0.05) is 0 Å². The van der Waals surface area contributed by atoms with Gasteiger partial charge in [0.25, 0.3) is 0 Å². The summed E-state index contributed by atoms with van der Waals surface area (Å²) in [6.45, 7) is 7.00. The van der Waals surface area contributed by atoms with E-state index in [9.17, 15) is 5.11 Å². The van der Waals surface area contributed by atoms with Gasteiger partial charge in [-0.15, -0.1) is 0 Å². The third kappa shape index (κ3) is 3.54. The fourth-order valence-electron chi connectivity index (χ4n) is 0.843. The number of hydrogen-bond acceptors (Lipinski definition) is 3. The van der Waals surface area contributed by atoms with Crippen molar-refractivity contribution in [1.29, 1.82) is 0 Å². The zero-order valence-electron chi connectivity index (χ0n) is 10.2. The van der Waals surface area contributed by atoms with Crippen LogP contribution in [0, 0.1) is 0 Å². The summed E-state index contributed by atoms with van der Waals surface area (Å²) in [5, 5.41) is 9.84. The minimum absolute atomic E-state index is 0.703. The van der Waals surface area contributed by atoms with Crippen LogP contribution in [0.5, 0.6) is 5.75 Å². The zero-order valence-corrected chi connectivity index (χ0v) is 10.2. The molecule has 0 saturated carbocycles. The van der Waals surface area contributed by atoms with Crippen LogP contribution in [0.2, 0.25) is 0 Å². The molecule has 87 valence electrons. The Hall–Kier alpha value is -0.995. The summed E-state index contributed by atoms with van der Waals surface area (Å²) in [4.78, 5) is 0. The van der Waals surface area contributed by atoms with Gasteiger partial charge in [-0.05, 0) is 39.8 Å². The molecule has 0 aliphatic rings. The van der Waals surface area contributed by atoms with Gasteiger partial charge < -0.3 is 14.4 Å². The molecule has 0 heterocycles. The number of rotatable bonds is 5. The smallest absolute Gasteiger partial charge is 0.537 e. The summed E-state index contributed by atoms with van der Waals surface area (Å²) in [5.41, 5.74) is -1.65. The minimum atomic E-state index is -0.941. The highest BCUT2D eigenvalue weighted by Crippen LogP contribution is 2.24. The van der Waals surface area contributed by atoms with E-state index in [2.05, 4.69) is 0 Å². The Labute approximate surface area is 97.7 Å². The van der Waals surface area contributed by atoms with Crippen LogP contribution in [0.3, 0.4) is 0 Å². The summed E-state index contributed by atoms with van der Waals surface area (Å²) in [5.74, 6) is 0.703. The lowest BCUT2D eigenvalue weighted by Gasteiger charge is -2.36. The maximum absolute atomic E-state index is 9.84. The Morgan fingerprint density at radius 1 is 1.06 bits per heavy atom. The van der Waals surface area contributed by atoms with E-state index in [0.29, 0.717) is 5.75 Å². The first-order valence-corrected chi connectivity index (χ1v) is 5.26. The Morgan fingerprint density at radius 2 is 1.62 bits per heavy atom. The van der Waals surface area contributed by atoms with Crippen LogP contribution in [0.1, 0.15) is 27.7 Å². The molecule has 1 radical (unpaired) electrons. The van der Waals surface area contributed by atoms with Crippen molar-refractivity contribution in [2.24, 2.45) is 0 Å². The van der Waals surface area contributed by atoms with Gasteiger partial charge in [-0.3, -0.25) is 0 Å². The highest BCUT2D eigenvalue weighted by molar-refractivity contribution is 6.19. The SMILES string of the molecule is CC(C)(O)C(C)(C)O[B]Oc1ccccc1. The first-order chi connectivity index (χ1) is 7.33. The molecule has 0 aliphatic carbocycles. The number of aliphatic hydroxyl groups is 1. The van der Waals surface area contributed by atoms with Crippen molar-refractivity contribution in [3.8, 4) is 5.75 Å². The van der Waals surface area contributed by atoms with Gasteiger partial charge in [-0.2, -0.15) is 0 Å². The van der Waals surface area contributed by atoms with E-state index in [0.717, 1.165) is 0 Å². The van der Waals surface area contributed by atoms with Crippen LogP contribution in [-0.4, -0.2) is 24.0 Å². The fourth-order valence-corrected chi connectivity index (χ4v) is 0.843. The molecule has 1 rings (SSSR count). The summed E-state index contributed by atoms with van der Waals surface area (Å²) >= 11 is 0. The van der Waals surface area contributed by atoms with Gasteiger partial charge in [0.2, 0.25) is 0 Å². The van der Waals surface area contributed by atoms with Gasteiger partial charge >= 0.3 is 7.69 Å². The van der Waals surface area contributed by atoms with E-state index in [-0.39, 0.29) is 0 Å². The maximum Gasteiger partial charge on any atom is 0.572 e. The molecule has 4 heteroatoms. The van der Waals surface area contributed by atoms with E-state index in [4.69, 9.17) is 9.31 Å². The average Bonchev–Trinajstić information content (AvgIpc) is 2.17. The molecule has 0 atom stereocenters. The Balaban J connectivity index is 2.42. The minimum Gasteiger partial charge on any atom is -0.537 e. The molecule has 0 saturated heterocycles. The molecule has 1 aromatic carbocycles. The molecule has 0 amide bonds. The summed E-state index contributed by atoms with van der Waals surface area (Å²) in [6, 6.07) is 9.33. The van der Waals surface area contributed by atoms with Crippen LogP contribution in [0.15, 0.2) is 30.3 Å². The topological polar surface area (TPSA) is 38.7 Å². The van der Waals surface area contributed by atoms with Gasteiger partial charge in [0.15, 0.2) is 0 Å². The highest BCUT2D eigenvalue weighted by Gasteiger charge is 2.36. The standard InChI is InChI=1S/C12H18BO3/c1-11(2,14)12(3,4)16-13-15-10-8-6-5-7-9-10/h5-9,14H,1-4H3. The quantitative estimate of drug-likeness (QED) is 0.774. The van der Waals surface area contributed by atoms with Crippen LogP contribution in [0.25, 0.3) is 0 Å². The highest BCUT2D eigenvalue weighted by atomic mass is 16.6. The molecule has 16 heavy (non-hydrogen) atoms. The largest absolute Gasteiger partial charge is 0.572 e. The molecule has 0 unspecified atom stereocenters. The molecule has 1 N–H and O–H groups in total. The number of hydrogen-bond donors (Lipinski definition) is 1. The van der Waals surface area contributed by atoms with Crippen molar-refractivity contribution in [3.05, 3.63) is 30.3 Å². The number of para-hydroxylation sites is 1. The van der Waals surface area contributed by atoms with Gasteiger partial charge in [0.05, 0.1) is 17.0 Å². The van der Waals surface area contributed by atoms with E-state index in [1.165, 1.54) is 7.69 Å². The summed E-state index contributed by atoms with van der Waals surface area (Å²) in [7, 11) is 1.26. The molecule has 3 nitrogen and oxygen atoms in total. The second-order valence-electron chi connectivity index (χ2n) is 4.71. The predicted octanol–water partition coefficient (Wildman–Crippen LogP) is 2.17. The molecule has 0 aliphatic heterocycles. The van der Waals surface area contributed by atoms with Gasteiger partial charge in [-0.1, -0.05) is 18.2 Å². The van der Waals surface area contributed by atoms with E-state index >= 15 is 0 Å². The summed E-state index contributed by atoms with van der Waals surface area (Å²) in [6.07, 6.45) is 0. The lowest BCUT2D eigenvalue weighted by molar-refractivity contribution is -0.0948.